The van der Waals surface area contributed by atoms with Crippen molar-refractivity contribution in [3.05, 3.63) is 29.8 Å². The van der Waals surface area contributed by atoms with Crippen LogP contribution in [0.3, 0.4) is 0 Å². The van der Waals surface area contributed by atoms with Crippen LogP contribution in [0, 0.1) is 0 Å². The first-order chi connectivity index (χ1) is 10.4. The average molecular weight is 291 g/mol. The Labute approximate surface area is 126 Å². The van der Waals surface area contributed by atoms with Crippen LogP contribution in [0.25, 0.3) is 0 Å². The number of benzene rings is 1. The topological polar surface area (TPSA) is 39.7 Å². The molecule has 0 radical (unpaired) electrons. The van der Waals surface area contributed by atoms with E-state index >= 15 is 0 Å². The number of para-hydroxylation sites is 1. The first kappa shape index (κ1) is 14.8. The van der Waals surface area contributed by atoms with Crippen LogP contribution in [0.15, 0.2) is 24.3 Å². The van der Waals surface area contributed by atoms with Crippen LogP contribution in [0.1, 0.15) is 31.2 Å². The Morgan fingerprint density at radius 2 is 2.14 bits per heavy atom. The minimum atomic E-state index is 0.161. The van der Waals surface area contributed by atoms with Gasteiger partial charge in [0.15, 0.2) is 0 Å². The van der Waals surface area contributed by atoms with Crippen molar-refractivity contribution in [2.45, 2.75) is 37.8 Å². The van der Waals surface area contributed by atoms with E-state index < -0.39 is 0 Å². The summed E-state index contributed by atoms with van der Waals surface area (Å²) in [6.45, 7) is 6.03. The lowest BCUT2D eigenvalue weighted by molar-refractivity contribution is -0.103. The van der Waals surface area contributed by atoms with Crippen molar-refractivity contribution >= 4 is 0 Å². The summed E-state index contributed by atoms with van der Waals surface area (Å²) in [7, 11) is 0. The molecule has 0 spiro atoms. The Morgan fingerprint density at radius 1 is 1.24 bits per heavy atom. The molecule has 4 nitrogen and oxygen atoms in total. The zero-order valence-corrected chi connectivity index (χ0v) is 12.7. The SMILES string of the molecule is CCNC(CC1CCOc2ccccc21)C1COCCO1. The standard InChI is InChI=1S/C17H25NO3/c1-2-18-15(17-12-19-9-10-21-17)11-13-7-8-20-16-6-4-3-5-14(13)16/h3-6,13,15,17-18H,2,7-12H2,1H3. The van der Waals surface area contributed by atoms with E-state index in [1.165, 1.54) is 5.56 Å². The third-order valence-corrected chi connectivity index (χ3v) is 4.38. The van der Waals surface area contributed by atoms with Gasteiger partial charge in [-0.1, -0.05) is 25.1 Å². The molecule has 1 aromatic rings. The first-order valence-electron chi connectivity index (χ1n) is 8.03. The summed E-state index contributed by atoms with van der Waals surface area (Å²) in [5.74, 6) is 1.58. The number of hydrogen-bond acceptors (Lipinski definition) is 4. The summed E-state index contributed by atoms with van der Waals surface area (Å²) in [5, 5.41) is 3.58. The molecule has 1 N–H and O–H groups in total. The van der Waals surface area contributed by atoms with Gasteiger partial charge in [0, 0.05) is 6.04 Å². The molecular formula is C17H25NO3. The molecule has 2 aliphatic rings. The van der Waals surface area contributed by atoms with E-state index in [-0.39, 0.29) is 6.10 Å². The second-order valence-electron chi connectivity index (χ2n) is 5.76. The van der Waals surface area contributed by atoms with E-state index in [0.717, 1.165) is 38.3 Å². The van der Waals surface area contributed by atoms with Crippen LogP contribution in [0.4, 0.5) is 0 Å². The quantitative estimate of drug-likeness (QED) is 0.904. The minimum Gasteiger partial charge on any atom is -0.493 e. The van der Waals surface area contributed by atoms with Crippen molar-refractivity contribution in [3.63, 3.8) is 0 Å². The third kappa shape index (κ3) is 3.57. The van der Waals surface area contributed by atoms with E-state index in [9.17, 15) is 0 Å². The van der Waals surface area contributed by atoms with Crippen molar-refractivity contribution in [1.29, 1.82) is 0 Å². The van der Waals surface area contributed by atoms with Crippen LogP contribution >= 0.6 is 0 Å². The molecule has 3 rings (SSSR count). The molecule has 0 aliphatic carbocycles. The van der Waals surface area contributed by atoms with Crippen LogP contribution < -0.4 is 10.1 Å². The molecule has 1 saturated heterocycles. The summed E-state index contributed by atoms with van der Waals surface area (Å²) in [5.41, 5.74) is 1.34. The zero-order chi connectivity index (χ0) is 14.5. The van der Waals surface area contributed by atoms with Gasteiger partial charge in [-0.15, -0.1) is 0 Å². The fourth-order valence-corrected chi connectivity index (χ4v) is 3.33. The van der Waals surface area contributed by atoms with Gasteiger partial charge in [0.1, 0.15) is 5.75 Å². The van der Waals surface area contributed by atoms with E-state index in [4.69, 9.17) is 14.2 Å². The second kappa shape index (κ2) is 7.25. The Hall–Kier alpha value is -1.10. The molecule has 116 valence electrons. The highest BCUT2D eigenvalue weighted by Crippen LogP contribution is 2.36. The minimum absolute atomic E-state index is 0.161. The van der Waals surface area contributed by atoms with Crippen LogP contribution in [-0.4, -0.2) is 45.1 Å². The maximum atomic E-state index is 5.90. The molecule has 1 aromatic carbocycles. The Bertz CT molecular complexity index is 445. The highest BCUT2D eigenvalue weighted by molar-refractivity contribution is 5.37. The number of hydrogen-bond donors (Lipinski definition) is 1. The Kier molecular flexibility index (Phi) is 5.12. The summed E-state index contributed by atoms with van der Waals surface area (Å²) in [4.78, 5) is 0. The average Bonchev–Trinajstić information content (AvgIpc) is 2.55. The fourth-order valence-electron chi connectivity index (χ4n) is 3.33. The number of ether oxygens (including phenoxy) is 3. The lowest BCUT2D eigenvalue weighted by Crippen LogP contribution is -2.47. The molecule has 2 aliphatic heterocycles. The molecule has 1 fully saturated rings. The van der Waals surface area contributed by atoms with Gasteiger partial charge < -0.3 is 19.5 Å². The number of likely N-dealkylation sites (N-methyl/N-ethyl adjacent to an activating group) is 1. The molecule has 0 saturated carbocycles. The van der Waals surface area contributed by atoms with Gasteiger partial charge in [-0.25, -0.2) is 0 Å². The summed E-state index contributed by atoms with van der Waals surface area (Å²) >= 11 is 0. The zero-order valence-electron chi connectivity index (χ0n) is 12.7. The number of nitrogens with one attached hydrogen (secondary N) is 1. The van der Waals surface area contributed by atoms with Gasteiger partial charge in [-0.2, -0.15) is 0 Å². The molecule has 0 amide bonds. The van der Waals surface area contributed by atoms with E-state index in [2.05, 4.69) is 30.4 Å². The molecule has 2 heterocycles. The maximum absolute atomic E-state index is 5.90. The maximum Gasteiger partial charge on any atom is 0.122 e. The Balaban J connectivity index is 1.71. The van der Waals surface area contributed by atoms with Crippen LogP contribution in [-0.2, 0) is 9.47 Å². The van der Waals surface area contributed by atoms with Gasteiger partial charge in [-0.05, 0) is 36.9 Å². The molecular weight excluding hydrogens is 266 g/mol. The van der Waals surface area contributed by atoms with Crippen molar-refractivity contribution in [1.82, 2.24) is 5.32 Å². The van der Waals surface area contributed by atoms with Crippen molar-refractivity contribution in [3.8, 4) is 5.75 Å². The summed E-state index contributed by atoms with van der Waals surface area (Å²) in [6, 6.07) is 8.75. The predicted octanol–water partition coefficient (Wildman–Crippen LogP) is 2.34. The lowest BCUT2D eigenvalue weighted by atomic mass is 9.86. The normalized spacial score (nSPS) is 26.7. The molecule has 3 atom stereocenters. The monoisotopic (exact) mass is 291 g/mol. The Morgan fingerprint density at radius 3 is 2.95 bits per heavy atom. The molecule has 3 unspecified atom stereocenters. The molecule has 21 heavy (non-hydrogen) atoms. The van der Waals surface area contributed by atoms with E-state index in [1.54, 1.807) is 0 Å². The smallest absolute Gasteiger partial charge is 0.122 e. The van der Waals surface area contributed by atoms with Crippen molar-refractivity contribution in [2.75, 3.05) is 33.0 Å². The van der Waals surface area contributed by atoms with E-state index in [0.29, 0.717) is 25.2 Å². The van der Waals surface area contributed by atoms with Crippen LogP contribution in [0.2, 0.25) is 0 Å². The molecule has 0 aromatic heterocycles. The summed E-state index contributed by atoms with van der Waals surface area (Å²) in [6.07, 6.45) is 2.31. The van der Waals surface area contributed by atoms with Crippen molar-refractivity contribution in [2.24, 2.45) is 0 Å². The first-order valence-corrected chi connectivity index (χ1v) is 8.03. The largest absolute Gasteiger partial charge is 0.493 e. The van der Waals surface area contributed by atoms with Gasteiger partial charge >= 0.3 is 0 Å². The fraction of sp³-hybridized carbons (Fsp3) is 0.647. The van der Waals surface area contributed by atoms with E-state index in [1.807, 2.05) is 6.07 Å². The molecule has 0 bridgehead atoms. The van der Waals surface area contributed by atoms with Gasteiger partial charge in [0.2, 0.25) is 0 Å². The number of fused-ring (bicyclic) bond motifs is 1. The summed E-state index contributed by atoms with van der Waals surface area (Å²) < 4.78 is 17.2. The van der Waals surface area contributed by atoms with Gasteiger partial charge in [0.05, 0.1) is 32.5 Å². The highest BCUT2D eigenvalue weighted by atomic mass is 16.6. The predicted molar refractivity (Wildman–Crippen MR) is 81.9 cm³/mol. The highest BCUT2D eigenvalue weighted by Gasteiger charge is 2.30. The third-order valence-electron chi connectivity index (χ3n) is 4.38. The second-order valence-corrected chi connectivity index (χ2v) is 5.76. The molecule has 4 heteroatoms. The van der Waals surface area contributed by atoms with Gasteiger partial charge in [-0.3, -0.25) is 0 Å². The van der Waals surface area contributed by atoms with Gasteiger partial charge in [0.25, 0.3) is 0 Å². The van der Waals surface area contributed by atoms with Crippen molar-refractivity contribution < 1.29 is 14.2 Å². The van der Waals surface area contributed by atoms with Crippen LogP contribution in [0.5, 0.6) is 5.75 Å². The number of rotatable bonds is 5. The lowest BCUT2D eigenvalue weighted by Gasteiger charge is -2.35.